The molecule has 0 aliphatic carbocycles. The molecule has 2 saturated heterocycles. The van der Waals surface area contributed by atoms with E-state index in [2.05, 4.69) is 10.3 Å². The molecular formula is C23H27ClN4O2. The van der Waals surface area contributed by atoms with E-state index in [4.69, 9.17) is 11.6 Å². The number of piperazine rings is 1. The fraction of sp³-hybridized carbons (Fsp3) is 0.435. The average molecular weight is 427 g/mol. The molecule has 0 bridgehead atoms. The number of benzene rings is 1. The summed E-state index contributed by atoms with van der Waals surface area (Å²) in [4.78, 5) is 34.9. The Morgan fingerprint density at radius 1 is 1.20 bits per heavy atom. The fourth-order valence-electron chi connectivity index (χ4n) is 4.39. The molecule has 4 rings (SSSR count). The predicted octanol–water partition coefficient (Wildman–Crippen LogP) is 3.10. The Balaban J connectivity index is 1.68. The molecule has 1 spiro atoms. The van der Waals surface area contributed by atoms with Gasteiger partial charge in [0, 0.05) is 36.8 Å². The van der Waals surface area contributed by atoms with Gasteiger partial charge in [0.1, 0.15) is 12.1 Å². The highest BCUT2D eigenvalue weighted by Crippen LogP contribution is 2.39. The van der Waals surface area contributed by atoms with Crippen LogP contribution in [0.2, 0.25) is 5.02 Å². The number of hydrogen-bond acceptors (Lipinski definition) is 4. The van der Waals surface area contributed by atoms with Gasteiger partial charge in [-0.15, -0.1) is 0 Å². The smallest absolute Gasteiger partial charge is 0.250 e. The van der Waals surface area contributed by atoms with Crippen LogP contribution in [0.25, 0.3) is 0 Å². The number of pyridine rings is 1. The highest BCUT2D eigenvalue weighted by Gasteiger charge is 2.56. The maximum atomic E-state index is 13.7. The second-order valence-electron chi connectivity index (χ2n) is 8.56. The van der Waals surface area contributed by atoms with E-state index in [1.54, 1.807) is 9.80 Å². The molecule has 2 amide bonds. The maximum absolute atomic E-state index is 13.7. The van der Waals surface area contributed by atoms with Crippen LogP contribution in [0, 0.1) is 6.92 Å². The van der Waals surface area contributed by atoms with Gasteiger partial charge in [-0.3, -0.25) is 14.6 Å². The molecule has 2 aromatic rings. The van der Waals surface area contributed by atoms with Gasteiger partial charge in [-0.25, -0.2) is 0 Å². The molecule has 0 saturated carbocycles. The van der Waals surface area contributed by atoms with E-state index >= 15 is 0 Å². The van der Waals surface area contributed by atoms with Gasteiger partial charge in [0.15, 0.2) is 0 Å². The topological polar surface area (TPSA) is 65.5 Å². The molecular weight excluding hydrogens is 400 g/mol. The maximum Gasteiger partial charge on any atom is 0.250 e. The predicted molar refractivity (Wildman–Crippen MR) is 116 cm³/mol. The van der Waals surface area contributed by atoms with E-state index in [1.165, 1.54) is 0 Å². The summed E-state index contributed by atoms with van der Waals surface area (Å²) in [5.41, 5.74) is 2.02. The second kappa shape index (κ2) is 8.00. The van der Waals surface area contributed by atoms with Crippen LogP contribution >= 0.6 is 11.6 Å². The van der Waals surface area contributed by atoms with Crippen molar-refractivity contribution in [3.05, 3.63) is 64.4 Å². The highest BCUT2D eigenvalue weighted by atomic mass is 35.5. The van der Waals surface area contributed by atoms with E-state index in [-0.39, 0.29) is 30.4 Å². The van der Waals surface area contributed by atoms with Crippen LogP contribution in [0.4, 0.5) is 0 Å². The zero-order valence-electron chi connectivity index (χ0n) is 17.6. The summed E-state index contributed by atoms with van der Waals surface area (Å²) in [5.74, 6) is -0.0225. The molecule has 30 heavy (non-hydrogen) atoms. The summed E-state index contributed by atoms with van der Waals surface area (Å²) in [6, 6.07) is 11.3. The third kappa shape index (κ3) is 3.70. The van der Waals surface area contributed by atoms with Crippen LogP contribution in [0.3, 0.4) is 0 Å². The van der Waals surface area contributed by atoms with E-state index in [9.17, 15) is 9.59 Å². The van der Waals surface area contributed by atoms with Crippen molar-refractivity contribution in [3.8, 4) is 0 Å². The van der Waals surface area contributed by atoms with Crippen LogP contribution in [0.5, 0.6) is 0 Å². The van der Waals surface area contributed by atoms with Gasteiger partial charge in [0.2, 0.25) is 5.91 Å². The van der Waals surface area contributed by atoms with Crippen LogP contribution < -0.4 is 5.32 Å². The SMILES string of the molecule is Cc1ccc(C2C[C@]3(CN2)C(=O)N(C(C)C)CC(=O)N3Cc2ccc(Cl)cc2)nc1. The molecule has 158 valence electrons. The number of hydrogen-bond donors (Lipinski definition) is 1. The molecule has 6 nitrogen and oxygen atoms in total. The molecule has 2 fully saturated rings. The summed E-state index contributed by atoms with van der Waals surface area (Å²) < 4.78 is 0. The van der Waals surface area contributed by atoms with Crippen molar-refractivity contribution in [2.75, 3.05) is 13.1 Å². The molecule has 1 N–H and O–H groups in total. The van der Waals surface area contributed by atoms with Crippen molar-refractivity contribution in [3.63, 3.8) is 0 Å². The number of nitrogens with zero attached hydrogens (tertiary/aromatic N) is 3. The van der Waals surface area contributed by atoms with Crippen LogP contribution in [-0.4, -0.2) is 51.3 Å². The molecule has 1 unspecified atom stereocenters. The number of carbonyl (C=O) groups excluding carboxylic acids is 2. The molecule has 2 aliphatic rings. The first-order valence-electron chi connectivity index (χ1n) is 10.3. The summed E-state index contributed by atoms with van der Waals surface area (Å²) in [7, 11) is 0. The quantitative estimate of drug-likeness (QED) is 0.815. The summed E-state index contributed by atoms with van der Waals surface area (Å²) in [6.07, 6.45) is 2.34. The number of amides is 2. The van der Waals surface area contributed by atoms with Crippen LogP contribution in [0.15, 0.2) is 42.6 Å². The van der Waals surface area contributed by atoms with Crippen molar-refractivity contribution in [2.45, 2.75) is 51.4 Å². The van der Waals surface area contributed by atoms with Gasteiger partial charge in [-0.1, -0.05) is 29.8 Å². The Kier molecular flexibility index (Phi) is 5.55. The standard InChI is InChI=1S/C23H27ClN4O2/c1-15(2)27-13-21(29)28(12-17-5-7-18(24)8-6-17)23(22(27)30)10-20(26-14-23)19-9-4-16(3)11-25-19/h4-9,11,15,20,26H,10,12-14H2,1-3H3/t20?,23-/m0/s1. The first-order valence-corrected chi connectivity index (χ1v) is 10.7. The monoisotopic (exact) mass is 426 g/mol. The number of carbonyl (C=O) groups is 2. The summed E-state index contributed by atoms with van der Waals surface area (Å²) >= 11 is 6.02. The Morgan fingerprint density at radius 2 is 1.93 bits per heavy atom. The van der Waals surface area contributed by atoms with Crippen molar-refractivity contribution in [1.29, 1.82) is 0 Å². The lowest BCUT2D eigenvalue weighted by atomic mass is 9.87. The van der Waals surface area contributed by atoms with Gasteiger partial charge in [-0.2, -0.15) is 0 Å². The number of halogens is 1. The zero-order chi connectivity index (χ0) is 21.5. The largest absolute Gasteiger partial charge is 0.329 e. The van der Waals surface area contributed by atoms with E-state index in [0.717, 1.165) is 16.8 Å². The first kappa shape index (κ1) is 20.8. The zero-order valence-corrected chi connectivity index (χ0v) is 18.3. The second-order valence-corrected chi connectivity index (χ2v) is 9.00. The Bertz CT molecular complexity index is 945. The normalized spacial score (nSPS) is 24.4. The average Bonchev–Trinajstić information content (AvgIpc) is 3.16. The van der Waals surface area contributed by atoms with Crippen molar-refractivity contribution in [1.82, 2.24) is 20.1 Å². The minimum atomic E-state index is -0.920. The number of rotatable bonds is 4. The van der Waals surface area contributed by atoms with Crippen LogP contribution in [0.1, 0.15) is 43.1 Å². The Morgan fingerprint density at radius 3 is 2.57 bits per heavy atom. The number of nitrogens with one attached hydrogen (secondary N) is 1. The first-order chi connectivity index (χ1) is 14.3. The number of aryl methyl sites for hydroxylation is 1. The molecule has 1 aromatic carbocycles. The fourth-order valence-corrected chi connectivity index (χ4v) is 4.52. The van der Waals surface area contributed by atoms with E-state index < -0.39 is 5.54 Å². The molecule has 3 heterocycles. The van der Waals surface area contributed by atoms with E-state index in [1.807, 2.05) is 63.4 Å². The molecule has 2 atom stereocenters. The van der Waals surface area contributed by atoms with Crippen LogP contribution in [-0.2, 0) is 16.1 Å². The molecule has 1 aromatic heterocycles. The molecule has 0 radical (unpaired) electrons. The van der Waals surface area contributed by atoms with Gasteiger partial charge >= 0.3 is 0 Å². The minimum Gasteiger partial charge on any atom is -0.329 e. The van der Waals surface area contributed by atoms with Crippen molar-refractivity contribution < 1.29 is 9.59 Å². The van der Waals surface area contributed by atoms with Gasteiger partial charge in [0.05, 0.1) is 11.7 Å². The molecule has 7 heteroatoms. The minimum absolute atomic E-state index is 0.00757. The lowest BCUT2D eigenvalue weighted by Gasteiger charge is -2.48. The number of aromatic nitrogens is 1. The van der Waals surface area contributed by atoms with E-state index in [0.29, 0.717) is 24.5 Å². The van der Waals surface area contributed by atoms with Gasteiger partial charge in [0.25, 0.3) is 5.91 Å². The van der Waals surface area contributed by atoms with Crippen molar-refractivity contribution >= 4 is 23.4 Å². The highest BCUT2D eigenvalue weighted by molar-refractivity contribution is 6.30. The summed E-state index contributed by atoms with van der Waals surface area (Å²) in [6.45, 7) is 6.81. The summed E-state index contributed by atoms with van der Waals surface area (Å²) in [5, 5.41) is 4.11. The van der Waals surface area contributed by atoms with Gasteiger partial charge < -0.3 is 15.1 Å². The molecule has 2 aliphatic heterocycles. The Hall–Kier alpha value is -2.44. The lowest BCUT2D eigenvalue weighted by molar-refractivity contribution is -0.166. The lowest BCUT2D eigenvalue weighted by Crippen LogP contribution is -2.69. The van der Waals surface area contributed by atoms with Crippen molar-refractivity contribution in [2.24, 2.45) is 0 Å². The Labute approximate surface area is 182 Å². The third-order valence-electron chi connectivity index (χ3n) is 6.13. The third-order valence-corrected chi connectivity index (χ3v) is 6.39. The van der Waals surface area contributed by atoms with Gasteiger partial charge in [-0.05, 0) is 50.1 Å².